The Bertz CT molecular complexity index is 684. The molecule has 1 N–H and O–H groups in total. The van der Waals surface area contributed by atoms with E-state index in [0.717, 1.165) is 16.3 Å². The SMILES string of the molecule is C=C(COS(=O)(=O)O)c1cccc2ccccc12. The molecule has 0 fully saturated rings. The monoisotopic (exact) mass is 264 g/mol. The van der Waals surface area contributed by atoms with Gasteiger partial charge in [-0.3, -0.25) is 4.55 Å². The maximum absolute atomic E-state index is 10.5. The van der Waals surface area contributed by atoms with E-state index in [1.807, 2.05) is 42.5 Å². The maximum atomic E-state index is 10.5. The highest BCUT2D eigenvalue weighted by atomic mass is 32.3. The fraction of sp³-hybridized carbons (Fsp3) is 0.0769. The third kappa shape index (κ3) is 2.95. The van der Waals surface area contributed by atoms with Crippen molar-refractivity contribution in [2.75, 3.05) is 6.61 Å². The van der Waals surface area contributed by atoms with E-state index >= 15 is 0 Å². The minimum atomic E-state index is -4.44. The van der Waals surface area contributed by atoms with Gasteiger partial charge in [-0.1, -0.05) is 49.0 Å². The van der Waals surface area contributed by atoms with Gasteiger partial charge in [-0.05, 0) is 21.9 Å². The molecule has 0 amide bonds. The summed E-state index contributed by atoms with van der Waals surface area (Å²) in [4.78, 5) is 0. The van der Waals surface area contributed by atoms with Gasteiger partial charge < -0.3 is 0 Å². The molecule has 0 saturated carbocycles. The van der Waals surface area contributed by atoms with Gasteiger partial charge in [0.25, 0.3) is 0 Å². The second-order valence-electron chi connectivity index (χ2n) is 3.82. The van der Waals surface area contributed by atoms with Gasteiger partial charge in [0.15, 0.2) is 0 Å². The second-order valence-corrected chi connectivity index (χ2v) is 4.91. The average Bonchev–Trinajstić information content (AvgIpc) is 2.34. The summed E-state index contributed by atoms with van der Waals surface area (Å²) >= 11 is 0. The van der Waals surface area contributed by atoms with E-state index < -0.39 is 10.4 Å². The third-order valence-corrected chi connectivity index (χ3v) is 2.97. The zero-order chi connectivity index (χ0) is 13.2. The number of fused-ring (bicyclic) bond motifs is 1. The highest BCUT2D eigenvalue weighted by molar-refractivity contribution is 7.80. The molecule has 94 valence electrons. The fourth-order valence-electron chi connectivity index (χ4n) is 1.76. The molecule has 0 aromatic heterocycles. The van der Waals surface area contributed by atoms with E-state index in [0.29, 0.717) is 5.57 Å². The van der Waals surface area contributed by atoms with Crippen LogP contribution in [0.25, 0.3) is 16.3 Å². The molecule has 0 aliphatic carbocycles. The molecular weight excluding hydrogens is 252 g/mol. The van der Waals surface area contributed by atoms with Crippen molar-refractivity contribution in [3.8, 4) is 0 Å². The van der Waals surface area contributed by atoms with Gasteiger partial charge in [-0.15, -0.1) is 0 Å². The van der Waals surface area contributed by atoms with Crippen LogP contribution in [-0.4, -0.2) is 19.6 Å². The predicted molar refractivity (Wildman–Crippen MR) is 70.5 cm³/mol. The summed E-state index contributed by atoms with van der Waals surface area (Å²) in [6.45, 7) is 3.51. The van der Waals surface area contributed by atoms with Crippen molar-refractivity contribution in [2.45, 2.75) is 0 Å². The van der Waals surface area contributed by atoms with Crippen LogP contribution in [0, 0.1) is 0 Å². The van der Waals surface area contributed by atoms with Gasteiger partial charge in [0.05, 0.1) is 6.61 Å². The molecule has 0 unspecified atom stereocenters. The lowest BCUT2D eigenvalue weighted by atomic mass is 10.00. The van der Waals surface area contributed by atoms with Crippen LogP contribution in [0.5, 0.6) is 0 Å². The first-order chi connectivity index (χ1) is 8.47. The Morgan fingerprint density at radius 2 is 1.83 bits per heavy atom. The molecule has 4 nitrogen and oxygen atoms in total. The first kappa shape index (κ1) is 12.8. The molecule has 0 radical (unpaired) electrons. The first-order valence-corrected chi connectivity index (χ1v) is 6.61. The molecule has 0 aliphatic rings. The van der Waals surface area contributed by atoms with Crippen molar-refractivity contribution in [3.05, 3.63) is 54.6 Å². The lowest BCUT2D eigenvalue weighted by molar-refractivity contribution is 0.300. The summed E-state index contributed by atoms with van der Waals surface area (Å²) in [7, 11) is -4.44. The zero-order valence-electron chi connectivity index (χ0n) is 9.54. The normalized spacial score (nSPS) is 11.6. The largest absolute Gasteiger partial charge is 0.397 e. The molecule has 2 rings (SSSR count). The summed E-state index contributed by atoms with van der Waals surface area (Å²) in [5.41, 5.74) is 1.29. The van der Waals surface area contributed by atoms with Crippen molar-refractivity contribution >= 4 is 26.7 Å². The molecule has 0 aliphatic heterocycles. The minimum absolute atomic E-state index is 0.271. The number of hydrogen-bond donors (Lipinski definition) is 1. The van der Waals surface area contributed by atoms with Gasteiger partial charge in [0, 0.05) is 0 Å². The number of benzene rings is 2. The van der Waals surface area contributed by atoms with Crippen LogP contribution in [0.2, 0.25) is 0 Å². The molecule has 2 aromatic carbocycles. The fourth-order valence-corrected chi connectivity index (χ4v) is 2.05. The molecule has 0 atom stereocenters. The van der Waals surface area contributed by atoms with Gasteiger partial charge in [0.1, 0.15) is 0 Å². The lowest BCUT2D eigenvalue weighted by Crippen LogP contribution is -2.06. The molecule has 2 aromatic rings. The summed E-state index contributed by atoms with van der Waals surface area (Å²) in [5.74, 6) is 0. The summed E-state index contributed by atoms with van der Waals surface area (Å²) in [6, 6.07) is 13.3. The Balaban J connectivity index is 2.34. The summed E-state index contributed by atoms with van der Waals surface area (Å²) in [6.07, 6.45) is 0. The lowest BCUT2D eigenvalue weighted by Gasteiger charge is -2.08. The molecule has 18 heavy (non-hydrogen) atoms. The Morgan fingerprint density at radius 3 is 2.56 bits per heavy atom. The molecular formula is C13H12O4S. The Kier molecular flexibility index (Phi) is 3.47. The number of rotatable bonds is 4. The van der Waals surface area contributed by atoms with Crippen molar-refractivity contribution in [1.29, 1.82) is 0 Å². The van der Waals surface area contributed by atoms with Crippen LogP contribution >= 0.6 is 0 Å². The minimum Gasteiger partial charge on any atom is -0.264 e. The number of hydrogen-bond acceptors (Lipinski definition) is 3. The maximum Gasteiger partial charge on any atom is 0.397 e. The van der Waals surface area contributed by atoms with Crippen molar-refractivity contribution in [2.24, 2.45) is 0 Å². The van der Waals surface area contributed by atoms with Gasteiger partial charge >= 0.3 is 10.4 Å². The highest BCUT2D eigenvalue weighted by Crippen LogP contribution is 2.24. The van der Waals surface area contributed by atoms with E-state index in [2.05, 4.69) is 10.8 Å². The zero-order valence-corrected chi connectivity index (χ0v) is 10.4. The Hall–Kier alpha value is -1.69. The van der Waals surface area contributed by atoms with Crippen LogP contribution in [0.15, 0.2) is 49.0 Å². The molecule has 0 heterocycles. The van der Waals surface area contributed by atoms with Crippen LogP contribution in [0.4, 0.5) is 0 Å². The first-order valence-electron chi connectivity index (χ1n) is 5.25. The van der Waals surface area contributed by atoms with Crippen LogP contribution in [0.1, 0.15) is 5.56 Å². The standard InChI is InChI=1S/C13H12O4S/c1-10(9-17-18(14,15)16)12-8-4-6-11-5-2-3-7-13(11)12/h2-8H,1,9H2,(H,14,15,16). The van der Waals surface area contributed by atoms with E-state index in [1.54, 1.807) is 0 Å². The quantitative estimate of drug-likeness (QED) is 0.862. The second kappa shape index (κ2) is 4.89. The van der Waals surface area contributed by atoms with Crippen molar-refractivity contribution in [1.82, 2.24) is 0 Å². The average molecular weight is 264 g/mol. The van der Waals surface area contributed by atoms with Gasteiger partial charge in [-0.2, -0.15) is 8.42 Å². The van der Waals surface area contributed by atoms with E-state index in [-0.39, 0.29) is 6.61 Å². The Labute approximate surface area is 105 Å². The molecule has 0 saturated heterocycles. The van der Waals surface area contributed by atoms with Crippen molar-refractivity contribution < 1.29 is 17.2 Å². The van der Waals surface area contributed by atoms with Crippen molar-refractivity contribution in [3.63, 3.8) is 0 Å². The molecule has 5 heteroatoms. The third-order valence-electron chi connectivity index (χ3n) is 2.55. The summed E-state index contributed by atoms with van der Waals surface area (Å²) < 4.78 is 33.9. The highest BCUT2D eigenvalue weighted by Gasteiger charge is 2.09. The van der Waals surface area contributed by atoms with Crippen LogP contribution in [0.3, 0.4) is 0 Å². The smallest absolute Gasteiger partial charge is 0.264 e. The summed E-state index contributed by atoms with van der Waals surface area (Å²) in [5, 5.41) is 1.99. The Morgan fingerprint density at radius 1 is 1.17 bits per heavy atom. The van der Waals surface area contributed by atoms with Crippen LogP contribution < -0.4 is 0 Å². The molecule has 0 spiro atoms. The van der Waals surface area contributed by atoms with Gasteiger partial charge in [0.2, 0.25) is 0 Å². The van der Waals surface area contributed by atoms with E-state index in [1.165, 1.54) is 0 Å². The molecule has 0 bridgehead atoms. The van der Waals surface area contributed by atoms with Crippen LogP contribution in [-0.2, 0) is 14.6 Å². The predicted octanol–water partition coefficient (Wildman–Crippen LogP) is 2.67. The van der Waals surface area contributed by atoms with Gasteiger partial charge in [-0.25, -0.2) is 4.18 Å². The van der Waals surface area contributed by atoms with E-state index in [4.69, 9.17) is 4.55 Å². The topological polar surface area (TPSA) is 63.6 Å². The van der Waals surface area contributed by atoms with E-state index in [9.17, 15) is 8.42 Å².